The molecule has 1 aliphatic heterocycles. The Bertz CT molecular complexity index is 576. The van der Waals surface area contributed by atoms with Gasteiger partial charge in [0.25, 0.3) is 0 Å². The fourth-order valence-electron chi connectivity index (χ4n) is 2.34. The topological polar surface area (TPSA) is 60.9 Å². The van der Waals surface area contributed by atoms with Crippen LogP contribution in [-0.2, 0) is 16.6 Å². The van der Waals surface area contributed by atoms with Gasteiger partial charge in [-0.05, 0) is 42.9 Å². The van der Waals surface area contributed by atoms with Gasteiger partial charge in [0.05, 0.1) is 10.4 Å². The van der Waals surface area contributed by atoms with Crippen LogP contribution < -0.4 is 0 Å². The van der Waals surface area contributed by atoms with Gasteiger partial charge in [-0.2, -0.15) is 4.31 Å². The molecule has 1 fully saturated rings. The van der Waals surface area contributed by atoms with Crippen molar-refractivity contribution in [2.75, 3.05) is 20.1 Å². The lowest BCUT2D eigenvalue weighted by Gasteiger charge is -2.41. The van der Waals surface area contributed by atoms with Crippen molar-refractivity contribution in [3.05, 3.63) is 14.7 Å². The van der Waals surface area contributed by atoms with E-state index in [9.17, 15) is 8.42 Å². The normalized spacial score (nSPS) is 26.1. The van der Waals surface area contributed by atoms with E-state index >= 15 is 0 Å². The van der Waals surface area contributed by atoms with Gasteiger partial charge in [-0.3, -0.25) is 4.90 Å². The maximum atomic E-state index is 12.7. The minimum Gasteiger partial charge on any atom is -0.391 e. The van der Waals surface area contributed by atoms with E-state index in [0.29, 0.717) is 21.8 Å². The summed E-state index contributed by atoms with van der Waals surface area (Å²) in [6.07, 6.45) is 0. The first kappa shape index (κ1) is 16.4. The predicted molar refractivity (Wildman–Crippen MR) is 83.4 cm³/mol. The van der Waals surface area contributed by atoms with Gasteiger partial charge in [0.15, 0.2) is 0 Å². The van der Waals surface area contributed by atoms with Gasteiger partial charge in [0.2, 0.25) is 10.0 Å². The molecular formula is C12H19BrN2O3S2. The van der Waals surface area contributed by atoms with E-state index in [1.54, 1.807) is 6.07 Å². The molecular weight excluding hydrogens is 364 g/mol. The van der Waals surface area contributed by atoms with Crippen LogP contribution in [-0.4, -0.2) is 55.0 Å². The molecule has 0 spiro atoms. The van der Waals surface area contributed by atoms with Crippen molar-refractivity contribution in [2.24, 2.45) is 0 Å². The zero-order valence-electron chi connectivity index (χ0n) is 11.7. The van der Waals surface area contributed by atoms with Gasteiger partial charge < -0.3 is 5.11 Å². The molecule has 2 atom stereocenters. The summed E-state index contributed by atoms with van der Waals surface area (Å²) in [5, 5.41) is 9.14. The fraction of sp³-hybridized carbons (Fsp3) is 0.667. The summed E-state index contributed by atoms with van der Waals surface area (Å²) >= 11 is 4.55. The Balaban J connectivity index is 2.33. The predicted octanol–water partition coefficient (Wildman–Crippen LogP) is 1.72. The first-order chi connectivity index (χ1) is 9.27. The van der Waals surface area contributed by atoms with Crippen molar-refractivity contribution < 1.29 is 13.5 Å². The summed E-state index contributed by atoms with van der Waals surface area (Å²) in [5.41, 5.74) is 0. The molecule has 0 aromatic carbocycles. The Morgan fingerprint density at radius 2 is 1.95 bits per heavy atom. The standard InChI is InChI=1S/C12H19BrN2O3S2/c1-8-5-15(6-9(2)14(8)3)20(17,18)11-4-10(7-16)19-12(11)13/h4,8-9,16H,5-7H2,1-3H3. The van der Waals surface area contributed by atoms with Gasteiger partial charge in [0.1, 0.15) is 4.90 Å². The van der Waals surface area contributed by atoms with E-state index in [4.69, 9.17) is 5.11 Å². The molecule has 1 aromatic heterocycles. The minimum atomic E-state index is -3.51. The highest BCUT2D eigenvalue weighted by Crippen LogP contribution is 2.34. The Morgan fingerprint density at radius 1 is 1.40 bits per heavy atom. The highest BCUT2D eigenvalue weighted by Gasteiger charge is 2.35. The Kier molecular flexibility index (Phi) is 4.93. The smallest absolute Gasteiger partial charge is 0.245 e. The van der Waals surface area contributed by atoms with E-state index in [-0.39, 0.29) is 23.6 Å². The van der Waals surface area contributed by atoms with Gasteiger partial charge >= 0.3 is 0 Å². The van der Waals surface area contributed by atoms with Crippen molar-refractivity contribution in [3.63, 3.8) is 0 Å². The maximum Gasteiger partial charge on any atom is 0.245 e. The van der Waals surface area contributed by atoms with Crippen molar-refractivity contribution in [2.45, 2.75) is 37.4 Å². The quantitative estimate of drug-likeness (QED) is 0.864. The average molecular weight is 383 g/mol. The highest BCUT2D eigenvalue weighted by atomic mass is 79.9. The molecule has 1 N–H and O–H groups in total. The lowest BCUT2D eigenvalue weighted by atomic mass is 10.1. The van der Waals surface area contributed by atoms with Crippen LogP contribution in [0.2, 0.25) is 0 Å². The third-order valence-corrected chi connectivity index (χ3v) is 7.87. The second-order valence-electron chi connectivity index (χ2n) is 5.19. The molecule has 1 saturated heterocycles. The van der Waals surface area contributed by atoms with Crippen LogP contribution >= 0.6 is 27.3 Å². The first-order valence-electron chi connectivity index (χ1n) is 6.38. The third kappa shape index (κ3) is 2.95. The summed E-state index contributed by atoms with van der Waals surface area (Å²) in [7, 11) is -1.49. The van der Waals surface area contributed by atoms with E-state index in [1.807, 2.05) is 20.9 Å². The van der Waals surface area contributed by atoms with Gasteiger partial charge in [-0.15, -0.1) is 11.3 Å². The van der Waals surface area contributed by atoms with Crippen LogP contribution in [0, 0.1) is 0 Å². The molecule has 2 heterocycles. The van der Waals surface area contributed by atoms with Crippen LogP contribution in [0.4, 0.5) is 0 Å². The van der Waals surface area contributed by atoms with E-state index in [1.165, 1.54) is 15.6 Å². The molecule has 2 rings (SSSR count). The van der Waals surface area contributed by atoms with E-state index in [0.717, 1.165) is 0 Å². The largest absolute Gasteiger partial charge is 0.391 e. The zero-order chi connectivity index (χ0) is 15.1. The van der Waals surface area contributed by atoms with Crippen molar-refractivity contribution in [3.8, 4) is 0 Å². The molecule has 1 aliphatic rings. The van der Waals surface area contributed by atoms with Crippen molar-refractivity contribution in [1.82, 2.24) is 9.21 Å². The minimum absolute atomic E-state index is 0.145. The lowest BCUT2D eigenvalue weighted by Crippen LogP contribution is -2.56. The number of thiophene rings is 1. The SMILES string of the molecule is CC1CN(S(=O)(=O)c2cc(CO)sc2Br)CC(C)N1C. The molecule has 0 aliphatic carbocycles. The number of sulfonamides is 1. The summed E-state index contributed by atoms with van der Waals surface area (Å²) < 4.78 is 27.6. The number of nitrogens with zero attached hydrogens (tertiary/aromatic N) is 2. The molecule has 114 valence electrons. The van der Waals surface area contributed by atoms with Gasteiger partial charge in [0, 0.05) is 30.1 Å². The number of piperazine rings is 1. The second-order valence-corrected chi connectivity index (χ2v) is 9.56. The highest BCUT2D eigenvalue weighted by molar-refractivity contribution is 9.11. The Morgan fingerprint density at radius 3 is 2.40 bits per heavy atom. The maximum absolute atomic E-state index is 12.7. The number of likely N-dealkylation sites (N-methyl/N-ethyl adjacent to an activating group) is 1. The van der Waals surface area contributed by atoms with Crippen LogP contribution in [0.3, 0.4) is 0 Å². The monoisotopic (exact) mass is 382 g/mol. The number of aliphatic hydroxyl groups excluding tert-OH is 1. The van der Waals surface area contributed by atoms with Crippen molar-refractivity contribution >= 4 is 37.3 Å². The summed E-state index contributed by atoms with van der Waals surface area (Å²) in [6, 6.07) is 1.92. The van der Waals surface area contributed by atoms with Crippen LogP contribution in [0.5, 0.6) is 0 Å². The van der Waals surface area contributed by atoms with Gasteiger partial charge in [-0.25, -0.2) is 8.42 Å². The molecule has 0 radical (unpaired) electrons. The van der Waals surface area contributed by atoms with E-state index < -0.39 is 10.0 Å². The molecule has 0 bridgehead atoms. The number of hydrogen-bond donors (Lipinski definition) is 1. The second kappa shape index (κ2) is 6.02. The number of hydrogen-bond acceptors (Lipinski definition) is 5. The molecule has 5 nitrogen and oxygen atoms in total. The number of aliphatic hydroxyl groups is 1. The fourth-order valence-corrected chi connectivity index (χ4v) is 6.44. The summed E-state index contributed by atoms with van der Waals surface area (Å²) in [4.78, 5) is 3.09. The number of rotatable bonds is 3. The third-order valence-electron chi connectivity index (χ3n) is 3.81. The Hall–Kier alpha value is 0.01000. The first-order valence-corrected chi connectivity index (χ1v) is 9.43. The molecule has 20 heavy (non-hydrogen) atoms. The Labute approximate surface area is 132 Å². The van der Waals surface area contributed by atoms with Crippen molar-refractivity contribution in [1.29, 1.82) is 0 Å². The van der Waals surface area contributed by atoms with Crippen LogP contribution in [0.25, 0.3) is 0 Å². The molecule has 2 unspecified atom stereocenters. The molecule has 0 saturated carbocycles. The van der Waals surface area contributed by atoms with Crippen LogP contribution in [0.15, 0.2) is 14.7 Å². The van der Waals surface area contributed by atoms with Crippen LogP contribution in [0.1, 0.15) is 18.7 Å². The molecule has 8 heteroatoms. The lowest BCUT2D eigenvalue weighted by molar-refractivity contribution is 0.105. The summed E-state index contributed by atoms with van der Waals surface area (Å²) in [5.74, 6) is 0. The molecule has 1 aromatic rings. The number of halogens is 1. The summed E-state index contributed by atoms with van der Waals surface area (Å²) in [6.45, 7) is 4.88. The average Bonchev–Trinajstić information content (AvgIpc) is 2.77. The van der Waals surface area contributed by atoms with E-state index in [2.05, 4.69) is 20.8 Å². The molecule has 0 amide bonds. The van der Waals surface area contributed by atoms with Gasteiger partial charge in [-0.1, -0.05) is 0 Å². The zero-order valence-corrected chi connectivity index (χ0v) is 14.9.